The van der Waals surface area contributed by atoms with Crippen LogP contribution in [0.3, 0.4) is 0 Å². The predicted octanol–water partition coefficient (Wildman–Crippen LogP) is 3.43. The number of hydrogen-bond donors (Lipinski definition) is 1. The van der Waals surface area contributed by atoms with Gasteiger partial charge in [-0.25, -0.2) is 0 Å². The van der Waals surface area contributed by atoms with Crippen LogP contribution in [0.5, 0.6) is 0 Å². The topological polar surface area (TPSA) is 46.3 Å². The summed E-state index contributed by atoms with van der Waals surface area (Å²) in [5.41, 5.74) is 8.04. The van der Waals surface area contributed by atoms with Gasteiger partial charge in [0.15, 0.2) is 0 Å². The molecule has 1 amide bonds. The predicted molar refractivity (Wildman–Crippen MR) is 96.9 cm³/mol. The minimum absolute atomic E-state index is 0. The molecule has 1 aromatic carbocycles. The number of nitrogens with two attached hydrogens (primary N) is 1. The fraction of sp³-hybridized carbons (Fsp3) is 0.632. The maximum absolute atomic E-state index is 13.4. The molecular weight excluding hydrogens is 308 g/mol. The lowest BCUT2D eigenvalue weighted by Gasteiger charge is -2.40. The van der Waals surface area contributed by atoms with Gasteiger partial charge in [-0.1, -0.05) is 43.5 Å². The quantitative estimate of drug-likeness (QED) is 0.919. The van der Waals surface area contributed by atoms with E-state index in [1.807, 2.05) is 0 Å². The number of amides is 1. The molecule has 2 fully saturated rings. The lowest BCUT2D eigenvalue weighted by molar-refractivity contribution is -0.138. The van der Waals surface area contributed by atoms with Gasteiger partial charge in [0.25, 0.3) is 0 Å². The number of carbonyl (C=O) groups is 1. The molecule has 1 aromatic rings. The third-order valence-corrected chi connectivity index (χ3v) is 5.68. The monoisotopic (exact) mass is 336 g/mol. The minimum atomic E-state index is -0.285. The minimum Gasteiger partial charge on any atom is -0.342 e. The van der Waals surface area contributed by atoms with E-state index in [9.17, 15) is 4.79 Å². The van der Waals surface area contributed by atoms with Crippen LogP contribution in [-0.4, -0.2) is 30.4 Å². The zero-order valence-corrected chi connectivity index (χ0v) is 14.9. The van der Waals surface area contributed by atoms with Gasteiger partial charge in [0.2, 0.25) is 5.91 Å². The van der Waals surface area contributed by atoms with Crippen LogP contribution in [0.2, 0.25) is 0 Å². The molecule has 3 rings (SSSR count). The first-order chi connectivity index (χ1) is 10.7. The van der Waals surface area contributed by atoms with E-state index in [2.05, 4.69) is 36.1 Å². The third-order valence-electron chi connectivity index (χ3n) is 5.68. The molecule has 0 bridgehead atoms. The molecule has 1 heterocycles. The second-order valence-electron chi connectivity index (χ2n) is 7.10. The lowest BCUT2D eigenvalue weighted by Crippen LogP contribution is -2.47. The summed E-state index contributed by atoms with van der Waals surface area (Å²) in [6.45, 7) is 4.57. The zero-order chi connectivity index (χ0) is 15.6. The fourth-order valence-electron chi connectivity index (χ4n) is 4.38. The molecule has 0 spiro atoms. The van der Waals surface area contributed by atoms with Crippen molar-refractivity contribution < 1.29 is 4.79 Å². The van der Waals surface area contributed by atoms with E-state index in [4.69, 9.17) is 5.73 Å². The van der Waals surface area contributed by atoms with Crippen LogP contribution in [-0.2, 0) is 10.2 Å². The van der Waals surface area contributed by atoms with Crippen LogP contribution in [0.15, 0.2) is 24.3 Å². The highest BCUT2D eigenvalue weighted by Gasteiger charge is 2.45. The Bertz CT molecular complexity index is 540. The van der Waals surface area contributed by atoms with Crippen LogP contribution in [0.4, 0.5) is 0 Å². The molecule has 1 unspecified atom stereocenters. The number of carbonyl (C=O) groups excluding carboxylic acids is 1. The Hall–Kier alpha value is -1.06. The van der Waals surface area contributed by atoms with E-state index in [-0.39, 0.29) is 17.8 Å². The highest BCUT2D eigenvalue weighted by molar-refractivity contribution is 5.89. The molecule has 2 N–H and O–H groups in total. The first-order valence-corrected chi connectivity index (χ1v) is 8.73. The largest absolute Gasteiger partial charge is 0.342 e. The molecule has 2 aliphatic rings. The van der Waals surface area contributed by atoms with Crippen LogP contribution >= 0.6 is 12.4 Å². The Morgan fingerprint density at radius 3 is 2.57 bits per heavy atom. The Morgan fingerprint density at radius 1 is 1.26 bits per heavy atom. The van der Waals surface area contributed by atoms with Crippen molar-refractivity contribution in [2.24, 2.45) is 11.7 Å². The van der Waals surface area contributed by atoms with Crippen LogP contribution < -0.4 is 5.73 Å². The molecule has 1 aliphatic carbocycles. The molecule has 128 valence electrons. The molecule has 1 saturated carbocycles. The normalized spacial score (nSPS) is 23.4. The van der Waals surface area contributed by atoms with Gasteiger partial charge in [0, 0.05) is 13.1 Å². The van der Waals surface area contributed by atoms with E-state index in [0.717, 1.165) is 45.2 Å². The zero-order valence-electron chi connectivity index (χ0n) is 14.1. The second kappa shape index (κ2) is 7.67. The molecule has 0 aromatic heterocycles. The number of hydrogen-bond acceptors (Lipinski definition) is 2. The van der Waals surface area contributed by atoms with Crippen LogP contribution in [0, 0.1) is 12.8 Å². The standard InChI is InChI=1S/C19H28N2O.ClH/c1-15-7-3-4-8-17(15)19(10-5-2-6-11-19)18(22)21-12-9-16(13-20)14-21;/h3-4,7-8,16H,2,5-6,9-14,20H2,1H3;1H. The summed E-state index contributed by atoms with van der Waals surface area (Å²) in [6.07, 6.45) is 6.64. The van der Waals surface area contributed by atoms with E-state index in [1.54, 1.807) is 0 Å². The summed E-state index contributed by atoms with van der Waals surface area (Å²) in [5, 5.41) is 0. The smallest absolute Gasteiger partial charge is 0.233 e. The second-order valence-corrected chi connectivity index (χ2v) is 7.10. The van der Waals surface area contributed by atoms with Gasteiger partial charge in [-0.3, -0.25) is 4.79 Å². The van der Waals surface area contributed by atoms with Crippen molar-refractivity contribution in [3.05, 3.63) is 35.4 Å². The molecule has 1 saturated heterocycles. The van der Waals surface area contributed by atoms with Gasteiger partial charge in [-0.05, 0) is 49.8 Å². The molecule has 1 atom stereocenters. The third kappa shape index (κ3) is 3.41. The number of halogens is 1. The van der Waals surface area contributed by atoms with Gasteiger partial charge < -0.3 is 10.6 Å². The average Bonchev–Trinajstić information content (AvgIpc) is 3.04. The van der Waals surface area contributed by atoms with Crippen molar-refractivity contribution in [1.29, 1.82) is 0 Å². The van der Waals surface area contributed by atoms with E-state index in [0.29, 0.717) is 18.4 Å². The summed E-state index contributed by atoms with van der Waals surface area (Å²) in [7, 11) is 0. The van der Waals surface area contributed by atoms with Crippen LogP contribution in [0.1, 0.15) is 49.7 Å². The Morgan fingerprint density at radius 2 is 1.96 bits per heavy atom. The SMILES string of the molecule is Cc1ccccc1C1(C(=O)N2CCC(CN)C2)CCCCC1.Cl. The molecule has 1 aliphatic heterocycles. The highest BCUT2D eigenvalue weighted by atomic mass is 35.5. The van der Waals surface area contributed by atoms with Gasteiger partial charge >= 0.3 is 0 Å². The van der Waals surface area contributed by atoms with Gasteiger partial charge in [-0.15, -0.1) is 12.4 Å². The number of aryl methyl sites for hydroxylation is 1. The molecule has 23 heavy (non-hydrogen) atoms. The van der Waals surface area contributed by atoms with E-state index in [1.165, 1.54) is 17.5 Å². The Balaban J connectivity index is 0.00000192. The summed E-state index contributed by atoms with van der Waals surface area (Å²) in [5.74, 6) is 0.846. The first-order valence-electron chi connectivity index (χ1n) is 8.73. The fourth-order valence-corrected chi connectivity index (χ4v) is 4.38. The summed E-state index contributed by atoms with van der Waals surface area (Å²) < 4.78 is 0. The number of likely N-dealkylation sites (tertiary alicyclic amines) is 1. The van der Waals surface area contributed by atoms with Crippen LogP contribution in [0.25, 0.3) is 0 Å². The number of rotatable bonds is 3. The Labute approximate surface area is 146 Å². The first kappa shape index (κ1) is 18.3. The number of benzene rings is 1. The summed E-state index contributed by atoms with van der Waals surface area (Å²) >= 11 is 0. The maximum Gasteiger partial charge on any atom is 0.233 e. The van der Waals surface area contributed by atoms with Gasteiger partial charge in [-0.2, -0.15) is 0 Å². The highest BCUT2D eigenvalue weighted by Crippen LogP contribution is 2.43. The lowest BCUT2D eigenvalue weighted by atomic mass is 9.67. The number of nitrogens with zero attached hydrogens (tertiary/aromatic N) is 1. The van der Waals surface area contributed by atoms with Crippen molar-refractivity contribution in [1.82, 2.24) is 4.90 Å². The molecule has 3 nitrogen and oxygen atoms in total. The van der Waals surface area contributed by atoms with Crippen molar-refractivity contribution in [2.75, 3.05) is 19.6 Å². The van der Waals surface area contributed by atoms with Crippen molar-refractivity contribution in [3.63, 3.8) is 0 Å². The van der Waals surface area contributed by atoms with Gasteiger partial charge in [0.1, 0.15) is 0 Å². The van der Waals surface area contributed by atoms with Crippen molar-refractivity contribution in [2.45, 2.75) is 50.9 Å². The van der Waals surface area contributed by atoms with Gasteiger partial charge in [0.05, 0.1) is 5.41 Å². The maximum atomic E-state index is 13.4. The molecular formula is C19H29ClN2O. The van der Waals surface area contributed by atoms with E-state index >= 15 is 0 Å². The summed E-state index contributed by atoms with van der Waals surface area (Å²) in [6, 6.07) is 8.47. The average molecular weight is 337 g/mol. The summed E-state index contributed by atoms with van der Waals surface area (Å²) in [4.78, 5) is 15.5. The van der Waals surface area contributed by atoms with Crippen molar-refractivity contribution in [3.8, 4) is 0 Å². The van der Waals surface area contributed by atoms with E-state index < -0.39 is 0 Å². The molecule has 0 radical (unpaired) electrons. The Kier molecular flexibility index (Phi) is 6.10. The molecule has 4 heteroatoms. The van der Waals surface area contributed by atoms with Crippen molar-refractivity contribution >= 4 is 18.3 Å².